The van der Waals surface area contributed by atoms with Gasteiger partial charge in [-0.2, -0.15) is 0 Å². The summed E-state index contributed by atoms with van der Waals surface area (Å²) in [5.74, 6) is -0.944. The van der Waals surface area contributed by atoms with Crippen LogP contribution in [0.3, 0.4) is 0 Å². The third kappa shape index (κ3) is 10.3. The molecule has 202 valence electrons. The van der Waals surface area contributed by atoms with Crippen LogP contribution in [0.25, 0.3) is 0 Å². The molecule has 6 N–H and O–H groups in total. The molecule has 0 bridgehead atoms. The van der Waals surface area contributed by atoms with E-state index in [0.717, 1.165) is 0 Å². The van der Waals surface area contributed by atoms with Crippen LogP contribution in [0.1, 0.15) is 19.4 Å². The number of phenolic OH excluding ortho intramolecular Hbond substituents is 1. The second-order valence-electron chi connectivity index (χ2n) is 8.21. The molecule has 0 aliphatic rings. The quantitative estimate of drug-likeness (QED) is 0.185. The van der Waals surface area contributed by atoms with Crippen molar-refractivity contribution in [3.63, 3.8) is 0 Å². The first-order valence-corrected chi connectivity index (χ1v) is 12.8. The molecule has 0 radical (unpaired) electrons. The van der Waals surface area contributed by atoms with Crippen molar-refractivity contribution >= 4 is 36.0 Å². The smallest absolute Gasteiger partial charge is 0.328 e. The minimum Gasteiger partial charge on any atom is -0.507 e. The van der Waals surface area contributed by atoms with Gasteiger partial charge in [-0.05, 0) is 41.9 Å². The SMILES string of the molecule is CC(C)[C@H](N=Cc1ccccc1O)C(=O)O.O.O.[Ru].c1ccc(P(c2ccccc2)c2ccccc2)cc1. The van der Waals surface area contributed by atoms with E-state index in [1.807, 2.05) is 0 Å². The fourth-order valence-corrected chi connectivity index (χ4v) is 5.76. The van der Waals surface area contributed by atoms with Crippen molar-refractivity contribution in [2.45, 2.75) is 19.9 Å². The topological polar surface area (TPSA) is 133 Å². The molecule has 0 saturated heterocycles. The molecule has 0 heterocycles. The Kier molecular flexibility index (Phi) is 16.6. The normalized spacial score (nSPS) is 10.8. The number of rotatable bonds is 7. The number of carboxylic acids is 1. The third-order valence-electron chi connectivity index (χ3n) is 5.24. The largest absolute Gasteiger partial charge is 0.507 e. The number of carbonyl (C=O) groups is 1. The first-order valence-electron chi connectivity index (χ1n) is 11.5. The van der Waals surface area contributed by atoms with Crippen LogP contribution in [0.5, 0.6) is 5.75 Å². The minimum absolute atomic E-state index is 0. The van der Waals surface area contributed by atoms with Crippen molar-refractivity contribution in [2.24, 2.45) is 10.9 Å². The van der Waals surface area contributed by atoms with Crippen LogP contribution < -0.4 is 15.9 Å². The Balaban J connectivity index is 0.000000678. The fraction of sp³-hybridized carbons (Fsp3) is 0.133. The summed E-state index contributed by atoms with van der Waals surface area (Å²) < 4.78 is 0. The van der Waals surface area contributed by atoms with Gasteiger partial charge < -0.3 is 21.2 Å². The van der Waals surface area contributed by atoms with Gasteiger partial charge in [0.1, 0.15) is 11.8 Å². The van der Waals surface area contributed by atoms with E-state index in [1.54, 1.807) is 32.0 Å². The molecule has 38 heavy (non-hydrogen) atoms. The van der Waals surface area contributed by atoms with Crippen molar-refractivity contribution in [3.05, 3.63) is 121 Å². The van der Waals surface area contributed by atoms with Gasteiger partial charge in [-0.25, -0.2) is 4.79 Å². The van der Waals surface area contributed by atoms with E-state index in [2.05, 4.69) is 96.0 Å². The summed E-state index contributed by atoms with van der Waals surface area (Å²) in [5.41, 5.74) is 0.523. The average molecular weight is 621 g/mol. The summed E-state index contributed by atoms with van der Waals surface area (Å²) in [5, 5.41) is 22.6. The van der Waals surface area contributed by atoms with Crippen LogP contribution in [0.2, 0.25) is 0 Å². The second-order valence-corrected chi connectivity index (χ2v) is 10.4. The maximum atomic E-state index is 10.9. The summed E-state index contributed by atoms with van der Waals surface area (Å²) >= 11 is 0. The van der Waals surface area contributed by atoms with Gasteiger partial charge in [0, 0.05) is 31.3 Å². The van der Waals surface area contributed by atoms with Crippen LogP contribution in [0.15, 0.2) is 120 Å². The first kappa shape index (κ1) is 34.8. The summed E-state index contributed by atoms with van der Waals surface area (Å²) in [6.45, 7) is 3.59. The third-order valence-corrected chi connectivity index (χ3v) is 7.68. The van der Waals surface area contributed by atoms with Crippen molar-refractivity contribution in [2.75, 3.05) is 0 Å². The summed E-state index contributed by atoms with van der Waals surface area (Å²) in [7, 11) is -0.446. The van der Waals surface area contributed by atoms with E-state index < -0.39 is 19.9 Å². The molecule has 0 fully saturated rings. The van der Waals surface area contributed by atoms with Gasteiger partial charge >= 0.3 is 5.97 Å². The number of aromatic hydroxyl groups is 1. The molecular formula is C30H34NO5PRu. The van der Waals surface area contributed by atoms with Gasteiger partial charge in [-0.3, -0.25) is 4.99 Å². The Morgan fingerprint density at radius 1 is 0.711 bits per heavy atom. The van der Waals surface area contributed by atoms with E-state index in [-0.39, 0.29) is 42.1 Å². The predicted octanol–water partition coefficient (Wildman–Crippen LogP) is 3.71. The van der Waals surface area contributed by atoms with E-state index >= 15 is 0 Å². The molecule has 1 atom stereocenters. The predicted molar refractivity (Wildman–Crippen MR) is 154 cm³/mol. The number of hydrogen-bond acceptors (Lipinski definition) is 3. The van der Waals surface area contributed by atoms with E-state index in [9.17, 15) is 9.90 Å². The molecule has 0 aliphatic heterocycles. The zero-order chi connectivity index (χ0) is 25.0. The number of hydrogen-bond donors (Lipinski definition) is 2. The Bertz CT molecular complexity index is 1130. The Morgan fingerprint density at radius 2 is 1.08 bits per heavy atom. The summed E-state index contributed by atoms with van der Waals surface area (Å²) in [6, 6.07) is 38.2. The van der Waals surface area contributed by atoms with Gasteiger partial charge in [0.2, 0.25) is 0 Å². The zero-order valence-electron chi connectivity index (χ0n) is 21.3. The Hall–Kier alpha value is -3.21. The van der Waals surface area contributed by atoms with Gasteiger partial charge in [-0.1, -0.05) is 117 Å². The molecule has 6 nitrogen and oxygen atoms in total. The maximum absolute atomic E-state index is 10.9. The monoisotopic (exact) mass is 621 g/mol. The van der Waals surface area contributed by atoms with Crippen LogP contribution in [0.4, 0.5) is 0 Å². The van der Waals surface area contributed by atoms with Crippen molar-refractivity contribution in [1.82, 2.24) is 0 Å². The van der Waals surface area contributed by atoms with Crippen LogP contribution in [0, 0.1) is 5.92 Å². The summed E-state index contributed by atoms with van der Waals surface area (Å²) in [4.78, 5) is 14.8. The second kappa shape index (κ2) is 18.1. The molecule has 0 saturated carbocycles. The molecule has 8 heteroatoms. The number of phenols is 1. The van der Waals surface area contributed by atoms with Gasteiger partial charge in [0.05, 0.1) is 0 Å². The van der Waals surface area contributed by atoms with Gasteiger partial charge in [0.15, 0.2) is 0 Å². The molecule has 4 rings (SSSR count). The average Bonchev–Trinajstić information content (AvgIpc) is 2.87. The van der Waals surface area contributed by atoms with Crippen LogP contribution >= 0.6 is 7.92 Å². The van der Waals surface area contributed by atoms with Crippen molar-refractivity contribution < 1.29 is 45.4 Å². The standard InChI is InChI=1S/C18H15P.C12H15NO3.2H2O.Ru/c1-4-10-16(11-5-1)19(17-12-6-2-7-13-17)18-14-8-3-9-15-18;1-8(2)11(12(15)16)13-7-9-5-3-4-6-10(9)14;;;/h1-15H;3-8,11,14H,1-2H3,(H,15,16);2*1H2;/t;11-;;;/m.0.../s1. The molecule has 0 aromatic heterocycles. The van der Waals surface area contributed by atoms with Crippen LogP contribution in [-0.2, 0) is 24.3 Å². The van der Waals surface area contributed by atoms with Crippen molar-refractivity contribution in [1.29, 1.82) is 0 Å². The molecule has 0 amide bonds. The Labute approximate surface area is 238 Å². The molecule has 0 aliphatic carbocycles. The number of para-hydroxylation sites is 1. The Morgan fingerprint density at radius 3 is 1.42 bits per heavy atom. The number of carboxylic acid groups (broad SMARTS) is 1. The molecule has 0 spiro atoms. The number of aliphatic imine (C=N–C) groups is 1. The number of nitrogens with zero attached hydrogens (tertiary/aromatic N) is 1. The van der Waals surface area contributed by atoms with E-state index in [1.165, 1.54) is 28.2 Å². The fourth-order valence-electron chi connectivity index (χ4n) is 3.46. The molecular weight excluding hydrogens is 586 g/mol. The summed E-state index contributed by atoms with van der Waals surface area (Å²) in [6.07, 6.45) is 1.40. The molecule has 0 unspecified atom stereocenters. The molecule has 4 aromatic rings. The number of aliphatic carboxylic acids is 1. The molecule has 4 aromatic carbocycles. The zero-order valence-corrected chi connectivity index (χ0v) is 23.9. The van der Waals surface area contributed by atoms with Gasteiger partial charge in [0.25, 0.3) is 0 Å². The number of benzene rings is 4. The van der Waals surface area contributed by atoms with Gasteiger partial charge in [-0.15, -0.1) is 0 Å². The minimum atomic E-state index is -0.957. The van der Waals surface area contributed by atoms with E-state index in [0.29, 0.717) is 5.56 Å². The first-order chi connectivity index (χ1) is 17.0. The van der Waals surface area contributed by atoms with E-state index in [4.69, 9.17) is 5.11 Å². The maximum Gasteiger partial charge on any atom is 0.328 e. The van der Waals surface area contributed by atoms with Crippen molar-refractivity contribution in [3.8, 4) is 5.75 Å². The van der Waals surface area contributed by atoms with Crippen LogP contribution in [-0.4, -0.2) is 39.4 Å².